The average Bonchev–Trinajstić information content (AvgIpc) is 2.97. The van der Waals surface area contributed by atoms with Crippen molar-refractivity contribution in [2.75, 3.05) is 6.61 Å². The first-order chi connectivity index (χ1) is 12.6. The minimum Gasteiger partial charge on any atom is -0.447 e. The van der Waals surface area contributed by atoms with Gasteiger partial charge in [-0.15, -0.1) is 0 Å². The molecule has 1 aliphatic heterocycles. The highest BCUT2D eigenvalue weighted by molar-refractivity contribution is 6.03. The van der Waals surface area contributed by atoms with Gasteiger partial charge in [0.2, 0.25) is 0 Å². The van der Waals surface area contributed by atoms with E-state index >= 15 is 0 Å². The predicted molar refractivity (Wildman–Crippen MR) is 102 cm³/mol. The lowest BCUT2D eigenvalue weighted by Gasteiger charge is -2.20. The zero-order valence-corrected chi connectivity index (χ0v) is 15.4. The van der Waals surface area contributed by atoms with Gasteiger partial charge < -0.3 is 4.74 Å². The number of amides is 2. The van der Waals surface area contributed by atoms with E-state index in [4.69, 9.17) is 4.74 Å². The van der Waals surface area contributed by atoms with Crippen LogP contribution in [0.1, 0.15) is 51.0 Å². The molecular formula is C22H27NO3. The molecule has 1 saturated heterocycles. The third-order valence-electron chi connectivity index (χ3n) is 5.06. The van der Waals surface area contributed by atoms with Crippen molar-refractivity contribution in [2.45, 2.75) is 57.9 Å². The number of rotatable bonds is 4. The van der Waals surface area contributed by atoms with Gasteiger partial charge in [-0.2, -0.15) is 0 Å². The van der Waals surface area contributed by atoms with Crippen LogP contribution in [-0.2, 0) is 16.0 Å². The summed E-state index contributed by atoms with van der Waals surface area (Å²) < 4.78 is 5.17. The molecule has 4 nitrogen and oxygen atoms in total. The fraction of sp³-hybridized carbons (Fsp3) is 0.455. The molecule has 0 bridgehead atoms. The number of hydrogen-bond acceptors (Lipinski definition) is 3. The third-order valence-corrected chi connectivity index (χ3v) is 5.06. The van der Waals surface area contributed by atoms with Crippen LogP contribution in [0.5, 0.6) is 0 Å². The van der Waals surface area contributed by atoms with Crippen LogP contribution in [0.2, 0.25) is 0 Å². The third kappa shape index (κ3) is 4.63. The molecule has 0 N–H and O–H groups in total. The molecule has 0 spiro atoms. The van der Waals surface area contributed by atoms with Crippen LogP contribution in [0.4, 0.5) is 4.79 Å². The van der Waals surface area contributed by atoms with E-state index in [0.717, 1.165) is 24.8 Å². The minimum atomic E-state index is -0.532. The van der Waals surface area contributed by atoms with Gasteiger partial charge in [-0.3, -0.25) is 4.79 Å². The molecule has 26 heavy (non-hydrogen) atoms. The molecule has 2 aliphatic rings. The number of nitrogens with zero attached hydrogens (tertiary/aromatic N) is 1. The lowest BCUT2D eigenvalue weighted by Crippen LogP contribution is -2.40. The van der Waals surface area contributed by atoms with Gasteiger partial charge in [-0.25, -0.2) is 9.69 Å². The summed E-state index contributed by atoms with van der Waals surface area (Å²) in [5, 5.41) is 0. The molecule has 0 unspecified atom stereocenters. The van der Waals surface area contributed by atoms with E-state index in [-0.39, 0.29) is 18.6 Å². The molecule has 0 radical (unpaired) electrons. The van der Waals surface area contributed by atoms with Gasteiger partial charge in [0.25, 0.3) is 5.91 Å². The van der Waals surface area contributed by atoms with Crippen molar-refractivity contribution < 1.29 is 14.3 Å². The molecule has 138 valence electrons. The fourth-order valence-electron chi connectivity index (χ4n) is 3.62. The van der Waals surface area contributed by atoms with E-state index in [2.05, 4.69) is 6.08 Å². The summed E-state index contributed by atoms with van der Waals surface area (Å²) >= 11 is 0. The van der Waals surface area contributed by atoms with Crippen LogP contribution >= 0.6 is 0 Å². The largest absolute Gasteiger partial charge is 0.447 e. The number of hydrogen-bond donors (Lipinski definition) is 0. The number of carbonyl (C=O) groups excluding carboxylic acids is 2. The molecule has 1 fully saturated rings. The zero-order valence-electron chi connectivity index (χ0n) is 15.4. The lowest BCUT2D eigenvalue weighted by molar-refractivity contribution is -0.125. The SMILES string of the molecule is C/C(=C\C1=C\CCCCCC1)C(=O)N1C(=O)OC[C@@H]1Cc1ccccc1. The van der Waals surface area contributed by atoms with Crippen LogP contribution in [0.3, 0.4) is 0 Å². The number of carbonyl (C=O) groups is 2. The monoisotopic (exact) mass is 353 g/mol. The second-order valence-corrected chi connectivity index (χ2v) is 7.15. The highest BCUT2D eigenvalue weighted by atomic mass is 16.6. The van der Waals surface area contributed by atoms with Gasteiger partial charge in [0, 0.05) is 5.57 Å². The second-order valence-electron chi connectivity index (χ2n) is 7.15. The number of ether oxygens (including phenoxy) is 1. The lowest BCUT2D eigenvalue weighted by atomic mass is 9.98. The fourth-order valence-corrected chi connectivity index (χ4v) is 3.62. The molecule has 1 heterocycles. The summed E-state index contributed by atoms with van der Waals surface area (Å²) in [4.78, 5) is 26.4. The Kier molecular flexibility index (Phi) is 6.26. The van der Waals surface area contributed by atoms with Gasteiger partial charge in [0.1, 0.15) is 6.61 Å². The van der Waals surface area contributed by atoms with E-state index in [1.807, 2.05) is 36.4 Å². The van der Waals surface area contributed by atoms with Gasteiger partial charge in [-0.05, 0) is 44.6 Å². The highest BCUT2D eigenvalue weighted by Crippen LogP contribution is 2.23. The maximum Gasteiger partial charge on any atom is 0.417 e. The van der Waals surface area contributed by atoms with E-state index in [1.54, 1.807) is 6.92 Å². The van der Waals surface area contributed by atoms with Crippen molar-refractivity contribution in [2.24, 2.45) is 0 Å². The Balaban J connectivity index is 1.73. The molecule has 1 aliphatic carbocycles. The van der Waals surface area contributed by atoms with Crippen LogP contribution < -0.4 is 0 Å². The van der Waals surface area contributed by atoms with E-state index < -0.39 is 6.09 Å². The standard InChI is InChI=1S/C22H27NO3/c1-17(14-18-10-6-3-2-4-7-11-18)21(24)23-20(16-26-22(23)25)15-19-12-8-5-9-13-19/h5,8-10,12-14,20H,2-4,6-7,11,15-16H2,1H3/b17-14+,18-10+/t20-/m0/s1. The van der Waals surface area contributed by atoms with E-state index in [1.165, 1.54) is 29.7 Å². The van der Waals surface area contributed by atoms with Crippen molar-refractivity contribution in [3.05, 3.63) is 59.2 Å². The topological polar surface area (TPSA) is 46.6 Å². The molecule has 0 aromatic heterocycles. The quantitative estimate of drug-likeness (QED) is 0.730. The normalized spacial score (nSPS) is 23.7. The summed E-state index contributed by atoms with van der Waals surface area (Å²) in [5.74, 6) is -0.239. The Labute approximate surface area is 155 Å². The smallest absolute Gasteiger partial charge is 0.417 e. The Bertz CT molecular complexity index is 705. The van der Waals surface area contributed by atoms with Gasteiger partial charge in [0.05, 0.1) is 6.04 Å². The first kappa shape index (κ1) is 18.4. The van der Waals surface area contributed by atoms with Gasteiger partial charge >= 0.3 is 6.09 Å². The van der Waals surface area contributed by atoms with Gasteiger partial charge in [-0.1, -0.05) is 60.9 Å². The van der Waals surface area contributed by atoms with Gasteiger partial charge in [0.15, 0.2) is 0 Å². The Morgan fingerprint density at radius 2 is 1.96 bits per heavy atom. The van der Waals surface area contributed by atoms with Crippen LogP contribution in [0.25, 0.3) is 0 Å². The van der Waals surface area contributed by atoms with Crippen molar-refractivity contribution in [1.82, 2.24) is 4.90 Å². The summed E-state index contributed by atoms with van der Waals surface area (Å²) in [6, 6.07) is 9.66. The summed E-state index contributed by atoms with van der Waals surface area (Å²) in [6.07, 6.45) is 11.2. The maximum atomic E-state index is 12.9. The number of cyclic esters (lactones) is 1. The molecule has 4 heteroatoms. The first-order valence-corrected chi connectivity index (χ1v) is 9.57. The van der Waals surface area contributed by atoms with Crippen LogP contribution in [-0.4, -0.2) is 29.5 Å². The van der Waals surface area contributed by atoms with Crippen molar-refractivity contribution >= 4 is 12.0 Å². The molecule has 1 aromatic rings. The molecule has 2 amide bonds. The predicted octanol–water partition coefficient (Wildman–Crippen LogP) is 4.80. The van der Waals surface area contributed by atoms with E-state index in [0.29, 0.717) is 12.0 Å². The minimum absolute atomic E-state index is 0.239. The molecule has 1 aromatic carbocycles. The second kappa shape index (κ2) is 8.84. The van der Waals surface area contributed by atoms with Crippen molar-refractivity contribution in [1.29, 1.82) is 0 Å². The van der Waals surface area contributed by atoms with Crippen LogP contribution in [0, 0.1) is 0 Å². The Morgan fingerprint density at radius 3 is 2.77 bits per heavy atom. The summed E-state index contributed by atoms with van der Waals surface area (Å²) in [7, 11) is 0. The average molecular weight is 353 g/mol. The molecule has 3 rings (SSSR count). The molecule has 0 saturated carbocycles. The zero-order chi connectivity index (χ0) is 18.4. The summed E-state index contributed by atoms with van der Waals surface area (Å²) in [6.45, 7) is 2.06. The number of allylic oxidation sites excluding steroid dienone is 3. The summed E-state index contributed by atoms with van der Waals surface area (Å²) in [5.41, 5.74) is 2.91. The van der Waals surface area contributed by atoms with Crippen molar-refractivity contribution in [3.8, 4) is 0 Å². The number of benzene rings is 1. The Hall–Kier alpha value is -2.36. The highest BCUT2D eigenvalue weighted by Gasteiger charge is 2.38. The molecule has 1 atom stereocenters. The Morgan fingerprint density at radius 1 is 1.19 bits per heavy atom. The maximum absolute atomic E-state index is 12.9. The number of imide groups is 1. The van der Waals surface area contributed by atoms with Crippen molar-refractivity contribution in [3.63, 3.8) is 0 Å². The van der Waals surface area contributed by atoms with Crippen LogP contribution in [0.15, 0.2) is 53.6 Å². The molecular weight excluding hydrogens is 326 g/mol. The first-order valence-electron chi connectivity index (χ1n) is 9.57. The van der Waals surface area contributed by atoms with E-state index in [9.17, 15) is 9.59 Å².